The maximum Gasteiger partial charge on any atom is 0.494 e. The van der Waals surface area contributed by atoms with Crippen LogP contribution in [0.1, 0.15) is 27.7 Å². The molecule has 0 saturated carbocycles. The van der Waals surface area contributed by atoms with Crippen molar-refractivity contribution >= 4 is 66.0 Å². The summed E-state index contributed by atoms with van der Waals surface area (Å²) in [5.74, 6) is 5.70. The summed E-state index contributed by atoms with van der Waals surface area (Å²) in [6.45, 7) is 8.23. The molecule has 0 unspecified atom stereocenters. The minimum Gasteiger partial charge on any atom is -0.399 e. The van der Waals surface area contributed by atoms with E-state index in [2.05, 4.69) is 181 Å². The molecule has 0 atom stereocenters. The quantitative estimate of drug-likeness (QED) is 0.108. The maximum absolute atomic E-state index is 6.25. The second kappa shape index (κ2) is 29.9. The van der Waals surface area contributed by atoms with Crippen LogP contribution in [0.2, 0.25) is 0 Å². The molecule has 1 aliphatic rings. The van der Waals surface area contributed by atoms with E-state index in [0.29, 0.717) is 52.4 Å². The minimum atomic E-state index is -0.445. The third kappa shape index (κ3) is 15.5. The first-order valence-electron chi connectivity index (χ1n) is 34.0. The van der Waals surface area contributed by atoms with E-state index in [1.165, 1.54) is 10.8 Å². The first-order chi connectivity index (χ1) is 50.3. The van der Waals surface area contributed by atoms with E-state index in [9.17, 15) is 0 Å². The van der Waals surface area contributed by atoms with Crippen molar-refractivity contribution in [2.75, 3.05) is 0 Å². The second-order valence-corrected chi connectivity index (χ2v) is 27.7. The van der Waals surface area contributed by atoms with Gasteiger partial charge in [0.05, 0.1) is 11.2 Å². The normalized spacial score (nSPS) is 12.8. The second-order valence-electron chi connectivity index (χ2n) is 25.9. The number of fused-ring (bicyclic) bond motifs is 2. The Hall–Kier alpha value is -11.6. The van der Waals surface area contributed by atoms with Crippen molar-refractivity contribution in [3.05, 3.63) is 337 Å². The number of hydrogen-bond acceptors (Lipinski definition) is 11. The van der Waals surface area contributed by atoms with Crippen LogP contribution in [-0.2, 0) is 9.31 Å². The zero-order chi connectivity index (χ0) is 70.3. The third-order valence-electron chi connectivity index (χ3n) is 18.3. The molecule has 3 aromatic heterocycles. The first-order valence-corrected chi connectivity index (χ1v) is 35.5. The highest BCUT2D eigenvalue weighted by Gasteiger charge is 2.51. The fraction of sp³-hybridized carbons (Fsp3) is 0.0674. The van der Waals surface area contributed by atoms with Gasteiger partial charge in [-0.25, -0.2) is 44.9 Å². The van der Waals surface area contributed by atoms with Crippen LogP contribution in [0.25, 0.3) is 146 Å². The Morgan fingerprint density at radius 1 is 0.214 bits per heavy atom. The van der Waals surface area contributed by atoms with E-state index in [0.717, 1.165) is 97.5 Å². The summed E-state index contributed by atoms with van der Waals surface area (Å²) >= 11 is 6.88. The Bertz CT molecular complexity index is 5260. The number of benzene rings is 13. The predicted molar refractivity (Wildman–Crippen MR) is 425 cm³/mol. The third-order valence-corrected chi connectivity index (χ3v) is 19.3. The lowest BCUT2D eigenvalue weighted by atomic mass is 9.78. The van der Waals surface area contributed by atoms with E-state index in [1.807, 2.05) is 206 Å². The van der Waals surface area contributed by atoms with Crippen LogP contribution in [0.4, 0.5) is 0 Å². The zero-order valence-electron chi connectivity index (χ0n) is 56.9. The van der Waals surface area contributed by atoms with E-state index >= 15 is 0 Å². The SMILES string of the molecule is Brc1ccc2ccc(Br)cc2c1.CC1(C)OB(c2cccc(-c3nc(-c4ccccc4)nc(-c4ccccc4)n3)c2)OC1(C)C.c1ccc(-c2nc(-c3ccccc3)nc(-c3cccc(-c4ccc5ccc(-c6cccc(-c7nc(-c8ccccc8)nc(-c8ccccc8)n7)c6)cc5c4)c3)n2)cc1. The molecule has 13 aromatic carbocycles. The van der Waals surface area contributed by atoms with Crippen molar-refractivity contribution in [3.63, 3.8) is 0 Å². The van der Waals surface area contributed by atoms with E-state index in [-0.39, 0.29) is 0 Å². The van der Waals surface area contributed by atoms with Crippen molar-refractivity contribution in [1.29, 1.82) is 0 Å². The molecule has 0 N–H and O–H groups in total. The number of nitrogens with zero attached hydrogens (tertiary/aromatic N) is 9. The lowest BCUT2D eigenvalue weighted by Crippen LogP contribution is -2.41. The molecular formula is C89H66BBr2N9O2. The van der Waals surface area contributed by atoms with Crippen LogP contribution < -0.4 is 5.46 Å². The summed E-state index contributed by atoms with van der Waals surface area (Å²) in [5.41, 5.74) is 12.9. The van der Waals surface area contributed by atoms with Crippen LogP contribution >= 0.6 is 31.9 Å². The number of aromatic nitrogens is 9. The van der Waals surface area contributed by atoms with Crippen LogP contribution in [0.3, 0.4) is 0 Å². The van der Waals surface area contributed by atoms with Gasteiger partial charge in [0, 0.05) is 59.0 Å². The molecule has 496 valence electrons. The molecular weight excluding hydrogens is 1400 g/mol. The summed E-state index contributed by atoms with van der Waals surface area (Å²) in [6, 6.07) is 111. The smallest absolute Gasteiger partial charge is 0.399 e. The number of rotatable bonds is 12. The Kier molecular flexibility index (Phi) is 19.5. The lowest BCUT2D eigenvalue weighted by Gasteiger charge is -2.32. The van der Waals surface area contributed by atoms with Gasteiger partial charge in [0.15, 0.2) is 52.4 Å². The Labute approximate surface area is 616 Å². The molecule has 103 heavy (non-hydrogen) atoms. The van der Waals surface area contributed by atoms with Crippen LogP contribution in [-0.4, -0.2) is 63.2 Å². The molecule has 14 heteroatoms. The highest BCUT2D eigenvalue weighted by Crippen LogP contribution is 2.38. The van der Waals surface area contributed by atoms with Gasteiger partial charge in [0.2, 0.25) is 0 Å². The summed E-state index contributed by atoms with van der Waals surface area (Å²) < 4.78 is 14.7. The molecule has 0 bridgehead atoms. The fourth-order valence-corrected chi connectivity index (χ4v) is 12.8. The summed E-state index contributed by atoms with van der Waals surface area (Å²) in [4.78, 5) is 44.0. The molecule has 0 aliphatic carbocycles. The Balaban J connectivity index is 0.000000158. The summed E-state index contributed by atoms with van der Waals surface area (Å²) in [5, 5.41) is 4.82. The van der Waals surface area contributed by atoms with Gasteiger partial charge in [-0.1, -0.05) is 311 Å². The highest BCUT2D eigenvalue weighted by molar-refractivity contribution is 9.10. The molecule has 1 fully saturated rings. The maximum atomic E-state index is 6.25. The number of hydrogen-bond donors (Lipinski definition) is 0. The van der Waals surface area contributed by atoms with E-state index in [1.54, 1.807) is 0 Å². The average Bonchev–Trinajstić information content (AvgIpc) is 1.69. The lowest BCUT2D eigenvalue weighted by molar-refractivity contribution is 0.00578. The number of halogens is 2. The first kappa shape index (κ1) is 67.2. The molecule has 0 spiro atoms. The molecule has 4 heterocycles. The van der Waals surface area contributed by atoms with Crippen molar-refractivity contribution in [1.82, 2.24) is 44.9 Å². The largest absolute Gasteiger partial charge is 0.494 e. The fourth-order valence-electron chi connectivity index (χ4n) is 12.1. The molecule has 1 saturated heterocycles. The highest BCUT2D eigenvalue weighted by atomic mass is 79.9. The summed E-state index contributed by atoms with van der Waals surface area (Å²) in [7, 11) is -0.445. The molecule has 17 rings (SSSR count). The van der Waals surface area contributed by atoms with Crippen LogP contribution in [0.5, 0.6) is 0 Å². The van der Waals surface area contributed by atoms with Gasteiger partial charge in [-0.2, -0.15) is 0 Å². The molecule has 0 radical (unpaired) electrons. The predicted octanol–water partition coefficient (Wildman–Crippen LogP) is 22.1. The van der Waals surface area contributed by atoms with Crippen LogP contribution in [0.15, 0.2) is 337 Å². The van der Waals surface area contributed by atoms with Crippen molar-refractivity contribution in [3.8, 4) is 125 Å². The van der Waals surface area contributed by atoms with E-state index < -0.39 is 18.3 Å². The van der Waals surface area contributed by atoms with Gasteiger partial charge >= 0.3 is 7.12 Å². The monoisotopic (exact) mass is 1460 g/mol. The Morgan fingerprint density at radius 3 is 0.757 bits per heavy atom. The van der Waals surface area contributed by atoms with Gasteiger partial charge in [0.1, 0.15) is 0 Å². The molecule has 16 aromatic rings. The summed E-state index contributed by atoms with van der Waals surface area (Å²) in [6.07, 6.45) is 0. The van der Waals surface area contributed by atoms with Gasteiger partial charge in [0.25, 0.3) is 0 Å². The van der Waals surface area contributed by atoms with Crippen molar-refractivity contribution < 1.29 is 9.31 Å². The van der Waals surface area contributed by atoms with Crippen molar-refractivity contribution in [2.45, 2.75) is 38.9 Å². The Morgan fingerprint density at radius 2 is 0.447 bits per heavy atom. The van der Waals surface area contributed by atoms with Crippen molar-refractivity contribution in [2.24, 2.45) is 0 Å². The molecule has 0 amide bonds. The minimum absolute atomic E-state index is 0.401. The van der Waals surface area contributed by atoms with Gasteiger partial charge in [-0.15, -0.1) is 0 Å². The standard InChI is InChI=1S/C52H34N6.C27H26BN3O2.C10H6Br2/c1-5-15-36(16-6-1)47-53-48(37-17-7-2-8-18-37)56-51(55-47)44-25-13-23-40(31-44)42-29-27-35-28-30-43(34-46(35)33-42)41-24-14-26-45(32-41)52-57-49(38-19-9-3-10-20-38)54-50(58-52)39-21-11-4-12-22-39;1-26(2)27(3,4)33-28(32-26)22-17-11-16-21(18-22)25-30-23(19-12-7-5-8-13-19)29-24(31-25)20-14-9-6-10-15-20;11-9-3-1-7-2-4-10(12)6-8(7)5-9/h1-34H;5-18H,1-4H3;1-6H. The van der Waals surface area contributed by atoms with Gasteiger partial charge in [-0.3, -0.25) is 0 Å². The molecule has 11 nitrogen and oxygen atoms in total. The van der Waals surface area contributed by atoms with E-state index in [4.69, 9.17) is 54.2 Å². The molecule has 1 aliphatic heterocycles. The van der Waals surface area contributed by atoms with Gasteiger partial charge < -0.3 is 9.31 Å². The average molecular weight is 1460 g/mol. The van der Waals surface area contributed by atoms with Crippen LogP contribution in [0, 0.1) is 0 Å². The van der Waals surface area contributed by atoms with Gasteiger partial charge in [-0.05, 0) is 125 Å². The zero-order valence-corrected chi connectivity index (χ0v) is 60.0. The topological polar surface area (TPSA) is 134 Å².